The van der Waals surface area contributed by atoms with Crippen molar-refractivity contribution >= 4 is 11.6 Å². The first-order chi connectivity index (χ1) is 11.5. The minimum atomic E-state index is -0.00993. The van der Waals surface area contributed by atoms with Gasteiger partial charge in [-0.3, -0.25) is 4.79 Å². The smallest absolute Gasteiger partial charge is 0.239 e. The lowest BCUT2D eigenvalue weighted by molar-refractivity contribution is -0.119. The Bertz CT molecular complexity index is 688. The van der Waals surface area contributed by atoms with E-state index in [9.17, 15) is 4.79 Å². The number of hydrogen-bond donors (Lipinski definition) is 2. The third kappa shape index (κ3) is 4.75. The van der Waals surface area contributed by atoms with Crippen molar-refractivity contribution in [3.8, 4) is 5.75 Å². The Labute approximate surface area is 144 Å². The molecule has 0 saturated carbocycles. The third-order valence-electron chi connectivity index (χ3n) is 4.01. The van der Waals surface area contributed by atoms with E-state index >= 15 is 0 Å². The molecule has 2 N–H and O–H groups in total. The fourth-order valence-corrected chi connectivity index (χ4v) is 2.94. The maximum absolute atomic E-state index is 12.0. The Morgan fingerprint density at radius 1 is 1.08 bits per heavy atom. The van der Waals surface area contributed by atoms with Gasteiger partial charge in [0.15, 0.2) is 0 Å². The first-order valence-corrected chi connectivity index (χ1v) is 8.21. The van der Waals surface area contributed by atoms with E-state index in [2.05, 4.69) is 43.5 Å². The molecule has 0 saturated heterocycles. The van der Waals surface area contributed by atoms with E-state index in [4.69, 9.17) is 4.74 Å². The van der Waals surface area contributed by atoms with Crippen molar-refractivity contribution in [3.63, 3.8) is 0 Å². The predicted octanol–water partition coefficient (Wildman–Crippen LogP) is 3.39. The van der Waals surface area contributed by atoms with Gasteiger partial charge in [0.2, 0.25) is 5.91 Å². The van der Waals surface area contributed by atoms with Crippen LogP contribution < -0.4 is 15.4 Å². The zero-order valence-electron chi connectivity index (χ0n) is 14.9. The minimum absolute atomic E-state index is 0.00993. The summed E-state index contributed by atoms with van der Waals surface area (Å²) >= 11 is 0. The molecule has 0 atom stereocenters. The molecule has 0 radical (unpaired) electrons. The third-order valence-corrected chi connectivity index (χ3v) is 4.01. The molecule has 2 aromatic carbocycles. The quantitative estimate of drug-likeness (QED) is 0.820. The summed E-state index contributed by atoms with van der Waals surface area (Å²) in [4.78, 5) is 12.0. The van der Waals surface area contributed by atoms with Crippen molar-refractivity contribution in [1.29, 1.82) is 0 Å². The van der Waals surface area contributed by atoms with Crippen molar-refractivity contribution in [1.82, 2.24) is 5.32 Å². The fraction of sp³-hybridized carbons (Fsp3) is 0.350. The molecular weight excluding hydrogens is 300 g/mol. The van der Waals surface area contributed by atoms with E-state index in [-0.39, 0.29) is 12.5 Å². The van der Waals surface area contributed by atoms with Gasteiger partial charge in [0.25, 0.3) is 0 Å². The average Bonchev–Trinajstić information content (AvgIpc) is 2.54. The molecule has 0 fully saturated rings. The van der Waals surface area contributed by atoms with Crippen LogP contribution in [-0.4, -0.2) is 26.1 Å². The number of rotatable bonds is 7. The standard InChI is InChI=1S/C20H26N2O2/c1-14-11-15(2)20(16(3)12-14)22-13-19(23)21-10-9-17-7-5-6-8-18(17)24-4/h5-8,11-12,22H,9-10,13H2,1-4H3,(H,21,23). The molecule has 24 heavy (non-hydrogen) atoms. The van der Waals surface area contributed by atoms with Crippen LogP contribution in [0.1, 0.15) is 22.3 Å². The second-order valence-corrected chi connectivity index (χ2v) is 6.04. The maximum Gasteiger partial charge on any atom is 0.239 e. The molecular formula is C20H26N2O2. The van der Waals surface area contributed by atoms with E-state index in [0.29, 0.717) is 6.54 Å². The van der Waals surface area contributed by atoms with Crippen LogP contribution in [0.25, 0.3) is 0 Å². The van der Waals surface area contributed by atoms with Crippen molar-refractivity contribution in [2.24, 2.45) is 0 Å². The summed E-state index contributed by atoms with van der Waals surface area (Å²) in [6.07, 6.45) is 0.748. The van der Waals surface area contributed by atoms with Crippen LogP contribution in [0.4, 0.5) is 5.69 Å². The van der Waals surface area contributed by atoms with Crippen molar-refractivity contribution < 1.29 is 9.53 Å². The van der Waals surface area contributed by atoms with Gasteiger partial charge in [-0.05, 0) is 49.9 Å². The topological polar surface area (TPSA) is 50.4 Å². The van der Waals surface area contributed by atoms with E-state index < -0.39 is 0 Å². The predicted molar refractivity (Wildman–Crippen MR) is 98.9 cm³/mol. The molecule has 0 unspecified atom stereocenters. The Hall–Kier alpha value is -2.49. The number of ether oxygens (including phenoxy) is 1. The van der Waals surface area contributed by atoms with Gasteiger partial charge in [0.05, 0.1) is 13.7 Å². The van der Waals surface area contributed by atoms with E-state index in [1.807, 2.05) is 24.3 Å². The van der Waals surface area contributed by atoms with Crippen LogP contribution in [0.3, 0.4) is 0 Å². The first-order valence-electron chi connectivity index (χ1n) is 8.21. The van der Waals surface area contributed by atoms with Gasteiger partial charge in [-0.15, -0.1) is 0 Å². The molecule has 1 amide bonds. The van der Waals surface area contributed by atoms with Gasteiger partial charge in [-0.25, -0.2) is 0 Å². The zero-order chi connectivity index (χ0) is 17.5. The molecule has 2 aromatic rings. The first kappa shape index (κ1) is 17.9. The van der Waals surface area contributed by atoms with E-state index in [1.165, 1.54) is 5.56 Å². The summed E-state index contributed by atoms with van der Waals surface area (Å²) in [7, 11) is 1.66. The van der Waals surface area contributed by atoms with Crippen LogP contribution in [-0.2, 0) is 11.2 Å². The Morgan fingerprint density at radius 3 is 2.42 bits per heavy atom. The number of carbonyl (C=O) groups is 1. The van der Waals surface area contributed by atoms with Gasteiger partial charge in [-0.2, -0.15) is 0 Å². The lowest BCUT2D eigenvalue weighted by Crippen LogP contribution is -2.31. The zero-order valence-corrected chi connectivity index (χ0v) is 14.9. The molecule has 0 heterocycles. The van der Waals surface area contributed by atoms with Gasteiger partial charge in [0, 0.05) is 12.2 Å². The molecule has 0 aliphatic carbocycles. The highest BCUT2D eigenvalue weighted by Gasteiger charge is 2.07. The lowest BCUT2D eigenvalue weighted by atomic mass is 10.1. The highest BCUT2D eigenvalue weighted by atomic mass is 16.5. The summed E-state index contributed by atoms with van der Waals surface area (Å²) in [6.45, 7) is 7.06. The number of aryl methyl sites for hydroxylation is 3. The maximum atomic E-state index is 12.0. The van der Waals surface area contributed by atoms with Crippen LogP contribution in [0, 0.1) is 20.8 Å². The minimum Gasteiger partial charge on any atom is -0.496 e. The summed E-state index contributed by atoms with van der Waals surface area (Å²) in [5, 5.41) is 6.19. The molecule has 0 aromatic heterocycles. The summed E-state index contributed by atoms with van der Waals surface area (Å²) in [6, 6.07) is 12.1. The number of carbonyl (C=O) groups excluding carboxylic acids is 1. The number of nitrogens with one attached hydrogen (secondary N) is 2. The largest absolute Gasteiger partial charge is 0.496 e. The number of methoxy groups -OCH3 is 1. The van der Waals surface area contributed by atoms with Gasteiger partial charge >= 0.3 is 0 Å². The van der Waals surface area contributed by atoms with E-state index in [0.717, 1.165) is 34.5 Å². The molecule has 0 aliphatic heterocycles. The van der Waals surface area contributed by atoms with Crippen molar-refractivity contribution in [3.05, 3.63) is 58.7 Å². The summed E-state index contributed by atoms with van der Waals surface area (Å²) in [5.41, 5.74) is 5.69. The van der Waals surface area contributed by atoms with Crippen LogP contribution >= 0.6 is 0 Å². The molecule has 0 bridgehead atoms. The SMILES string of the molecule is COc1ccccc1CCNC(=O)CNc1c(C)cc(C)cc1C. The normalized spacial score (nSPS) is 10.3. The number of para-hydroxylation sites is 1. The molecule has 0 spiro atoms. The van der Waals surface area contributed by atoms with E-state index in [1.54, 1.807) is 7.11 Å². The van der Waals surface area contributed by atoms with Gasteiger partial charge in [-0.1, -0.05) is 35.9 Å². The number of anilines is 1. The lowest BCUT2D eigenvalue weighted by Gasteiger charge is -2.14. The second-order valence-electron chi connectivity index (χ2n) is 6.04. The molecule has 128 valence electrons. The van der Waals surface area contributed by atoms with Crippen LogP contribution in [0.5, 0.6) is 5.75 Å². The Morgan fingerprint density at radius 2 is 1.75 bits per heavy atom. The summed E-state index contributed by atoms with van der Waals surface area (Å²) < 4.78 is 5.32. The average molecular weight is 326 g/mol. The number of amides is 1. The second kappa shape index (κ2) is 8.39. The molecule has 4 nitrogen and oxygen atoms in total. The van der Waals surface area contributed by atoms with Gasteiger partial charge in [0.1, 0.15) is 5.75 Å². The van der Waals surface area contributed by atoms with Gasteiger partial charge < -0.3 is 15.4 Å². The summed E-state index contributed by atoms with van der Waals surface area (Å²) in [5.74, 6) is 0.847. The van der Waals surface area contributed by atoms with Crippen molar-refractivity contribution in [2.45, 2.75) is 27.2 Å². The molecule has 2 rings (SSSR count). The highest BCUT2D eigenvalue weighted by molar-refractivity contribution is 5.81. The molecule has 0 aliphatic rings. The Balaban J connectivity index is 1.82. The number of benzene rings is 2. The fourth-order valence-electron chi connectivity index (χ4n) is 2.94. The van der Waals surface area contributed by atoms with Crippen LogP contribution in [0.15, 0.2) is 36.4 Å². The molecule has 4 heteroatoms. The Kier molecular flexibility index (Phi) is 6.24. The number of hydrogen-bond acceptors (Lipinski definition) is 3. The van der Waals surface area contributed by atoms with Crippen molar-refractivity contribution in [2.75, 3.05) is 25.5 Å². The monoisotopic (exact) mass is 326 g/mol. The highest BCUT2D eigenvalue weighted by Crippen LogP contribution is 2.21. The van der Waals surface area contributed by atoms with Crippen LogP contribution in [0.2, 0.25) is 0 Å².